The van der Waals surface area contributed by atoms with Crippen LogP contribution >= 0.6 is 12.6 Å². The number of H-pyrrole nitrogens is 1. The number of aromatic nitrogens is 1. The minimum Gasteiger partial charge on any atom is -0.480 e. The molecule has 0 saturated carbocycles. The molecule has 4 N–H and O–H groups in total. The van der Waals surface area contributed by atoms with Crippen molar-refractivity contribution < 1.29 is 19.5 Å². The molecule has 2 amide bonds. The van der Waals surface area contributed by atoms with E-state index in [0.29, 0.717) is 11.4 Å². The van der Waals surface area contributed by atoms with Crippen LogP contribution in [0.1, 0.15) is 22.5 Å². The first-order valence-electron chi connectivity index (χ1n) is 9.54. The molecule has 30 heavy (non-hydrogen) atoms. The van der Waals surface area contributed by atoms with Crippen LogP contribution in [0.3, 0.4) is 0 Å². The van der Waals surface area contributed by atoms with Crippen LogP contribution in [0, 0.1) is 0 Å². The largest absolute Gasteiger partial charge is 0.480 e. The third-order valence-electron chi connectivity index (χ3n) is 4.71. The van der Waals surface area contributed by atoms with Gasteiger partial charge in [0.25, 0.3) is 5.91 Å². The van der Waals surface area contributed by atoms with E-state index in [4.69, 9.17) is 0 Å². The number of carbonyl (C=O) groups is 3. The second-order valence-electron chi connectivity index (χ2n) is 6.90. The van der Waals surface area contributed by atoms with E-state index in [1.165, 1.54) is 0 Å². The van der Waals surface area contributed by atoms with E-state index in [9.17, 15) is 19.5 Å². The number of aliphatic carboxylic acids is 1. The molecular weight excluding hydrogens is 402 g/mol. The Bertz CT molecular complexity index is 1000. The Balaban J connectivity index is 1.80. The van der Waals surface area contributed by atoms with Crippen molar-refractivity contribution >= 4 is 41.3 Å². The van der Waals surface area contributed by atoms with E-state index >= 15 is 0 Å². The van der Waals surface area contributed by atoms with E-state index in [1.807, 2.05) is 54.6 Å². The standard InChI is InChI=1S/C22H23N3O4S/c26-20(24-17(10-11-30)22(28)29)18(12-14-6-2-1-3-7-14)25-21(27)19-13-15-8-4-5-9-16(15)23-19/h1-9,13,17-18,23,30H,10-12H2,(H,24,26)(H,25,27)(H,28,29)/t17-,18+/m1/s1. The van der Waals surface area contributed by atoms with E-state index in [-0.39, 0.29) is 12.8 Å². The molecule has 156 valence electrons. The van der Waals surface area contributed by atoms with Crippen LogP contribution in [0.2, 0.25) is 0 Å². The number of thiol groups is 1. The second kappa shape index (κ2) is 9.98. The lowest BCUT2D eigenvalue weighted by molar-refractivity contribution is -0.142. The zero-order chi connectivity index (χ0) is 21.5. The van der Waals surface area contributed by atoms with Gasteiger partial charge in [-0.15, -0.1) is 0 Å². The van der Waals surface area contributed by atoms with Crippen LogP contribution in [0.15, 0.2) is 60.7 Å². The molecule has 0 bridgehead atoms. The van der Waals surface area contributed by atoms with Gasteiger partial charge in [-0.2, -0.15) is 12.6 Å². The smallest absolute Gasteiger partial charge is 0.326 e. The van der Waals surface area contributed by atoms with Crippen LogP contribution in [0.5, 0.6) is 0 Å². The van der Waals surface area contributed by atoms with Crippen LogP contribution in [0.4, 0.5) is 0 Å². The minimum atomic E-state index is -1.14. The van der Waals surface area contributed by atoms with Crippen LogP contribution < -0.4 is 10.6 Å². The van der Waals surface area contributed by atoms with E-state index in [0.717, 1.165) is 16.5 Å². The van der Waals surface area contributed by atoms with Crippen molar-refractivity contribution in [2.75, 3.05) is 5.75 Å². The van der Waals surface area contributed by atoms with Gasteiger partial charge in [-0.1, -0.05) is 48.5 Å². The van der Waals surface area contributed by atoms with E-state index < -0.39 is 29.9 Å². The van der Waals surface area contributed by atoms with Gasteiger partial charge >= 0.3 is 5.97 Å². The molecule has 1 heterocycles. The average molecular weight is 426 g/mol. The van der Waals surface area contributed by atoms with E-state index in [2.05, 4.69) is 28.2 Å². The quantitative estimate of drug-likeness (QED) is 0.339. The Morgan fingerprint density at radius 3 is 2.33 bits per heavy atom. The maximum Gasteiger partial charge on any atom is 0.326 e. The van der Waals surface area contributed by atoms with Crippen LogP contribution in [-0.2, 0) is 16.0 Å². The first-order chi connectivity index (χ1) is 14.5. The minimum absolute atomic E-state index is 0.179. The second-order valence-corrected chi connectivity index (χ2v) is 7.34. The number of aromatic amines is 1. The summed E-state index contributed by atoms with van der Waals surface area (Å²) in [6.07, 6.45) is 0.407. The number of carboxylic acid groups (broad SMARTS) is 1. The van der Waals surface area contributed by atoms with Crippen LogP contribution in [0.25, 0.3) is 10.9 Å². The third kappa shape index (κ3) is 5.42. The molecule has 0 radical (unpaired) electrons. The molecule has 0 aliphatic rings. The highest BCUT2D eigenvalue weighted by molar-refractivity contribution is 7.80. The summed E-state index contributed by atoms with van der Waals surface area (Å²) in [7, 11) is 0. The fourth-order valence-electron chi connectivity index (χ4n) is 3.15. The average Bonchev–Trinajstić information content (AvgIpc) is 3.18. The van der Waals surface area contributed by atoms with Crippen molar-refractivity contribution in [3.8, 4) is 0 Å². The number of hydrogen-bond donors (Lipinski definition) is 5. The normalized spacial score (nSPS) is 12.8. The van der Waals surface area contributed by atoms with E-state index in [1.54, 1.807) is 6.07 Å². The number of carbonyl (C=O) groups excluding carboxylic acids is 2. The molecule has 0 spiro atoms. The first-order valence-corrected chi connectivity index (χ1v) is 10.2. The summed E-state index contributed by atoms with van der Waals surface area (Å²) >= 11 is 4.05. The zero-order valence-electron chi connectivity index (χ0n) is 16.2. The molecule has 0 saturated heterocycles. The lowest BCUT2D eigenvalue weighted by Crippen LogP contribution is -2.52. The molecule has 0 unspecified atom stereocenters. The maximum absolute atomic E-state index is 12.9. The Kier molecular flexibility index (Phi) is 7.13. The van der Waals surface area contributed by atoms with Gasteiger partial charge in [0.2, 0.25) is 5.91 Å². The third-order valence-corrected chi connectivity index (χ3v) is 4.97. The molecule has 0 aliphatic heterocycles. The molecule has 3 aromatic rings. The number of hydrogen-bond acceptors (Lipinski definition) is 4. The SMILES string of the molecule is O=C(N[C@@H](Cc1ccccc1)C(=O)N[C@H](CCS)C(=O)O)c1cc2ccccc2[nH]1. The fourth-order valence-corrected chi connectivity index (χ4v) is 3.41. The molecular formula is C22H23N3O4S. The Hall–Kier alpha value is -3.26. The summed E-state index contributed by atoms with van der Waals surface area (Å²) in [6, 6.07) is 16.4. The van der Waals surface area contributed by atoms with Gasteiger partial charge in [0, 0.05) is 17.3 Å². The highest BCUT2D eigenvalue weighted by atomic mass is 32.1. The number of para-hydroxylation sites is 1. The predicted octanol–water partition coefficient (Wildman–Crippen LogP) is 2.40. The Morgan fingerprint density at radius 1 is 0.967 bits per heavy atom. The van der Waals surface area contributed by atoms with Crippen molar-refractivity contribution in [1.82, 2.24) is 15.6 Å². The highest BCUT2D eigenvalue weighted by Crippen LogP contribution is 2.15. The number of nitrogens with one attached hydrogen (secondary N) is 3. The topological polar surface area (TPSA) is 111 Å². The molecule has 3 rings (SSSR count). The lowest BCUT2D eigenvalue weighted by atomic mass is 10.0. The van der Waals surface area contributed by atoms with Gasteiger partial charge in [0.05, 0.1) is 0 Å². The van der Waals surface area contributed by atoms with Crippen molar-refractivity contribution in [3.05, 3.63) is 71.9 Å². The summed E-state index contributed by atoms with van der Waals surface area (Å²) in [5.41, 5.74) is 1.98. The number of carboxylic acids is 1. The van der Waals surface area contributed by atoms with Crippen LogP contribution in [-0.4, -0.2) is 45.7 Å². The summed E-state index contributed by atoms with van der Waals surface area (Å²) < 4.78 is 0. The van der Waals surface area contributed by atoms with Gasteiger partial charge in [-0.05, 0) is 29.9 Å². The highest BCUT2D eigenvalue weighted by Gasteiger charge is 2.27. The summed E-state index contributed by atoms with van der Waals surface area (Å²) in [4.78, 5) is 40.1. The van der Waals surface area contributed by atoms with Gasteiger partial charge in [0.15, 0.2) is 0 Å². The summed E-state index contributed by atoms with van der Waals surface area (Å²) in [5.74, 6) is -1.83. The monoisotopic (exact) mass is 425 g/mol. The molecule has 8 heteroatoms. The first kappa shape index (κ1) is 21.4. The number of benzene rings is 2. The zero-order valence-corrected chi connectivity index (χ0v) is 17.1. The van der Waals surface area contributed by atoms with Gasteiger partial charge in [-0.3, -0.25) is 9.59 Å². The predicted molar refractivity (Wildman–Crippen MR) is 118 cm³/mol. The van der Waals surface area contributed by atoms with Gasteiger partial charge < -0.3 is 20.7 Å². The number of rotatable bonds is 9. The molecule has 7 nitrogen and oxygen atoms in total. The molecule has 0 fully saturated rings. The van der Waals surface area contributed by atoms with Crippen molar-refractivity contribution in [3.63, 3.8) is 0 Å². The molecule has 2 atom stereocenters. The molecule has 0 aliphatic carbocycles. The lowest BCUT2D eigenvalue weighted by Gasteiger charge is -2.21. The summed E-state index contributed by atoms with van der Waals surface area (Å²) in [5, 5.41) is 15.4. The fraction of sp³-hybridized carbons (Fsp3) is 0.227. The van der Waals surface area contributed by atoms with Gasteiger partial charge in [-0.25, -0.2) is 4.79 Å². The molecule has 1 aromatic heterocycles. The maximum atomic E-state index is 12.9. The summed E-state index contributed by atoms with van der Waals surface area (Å²) in [6.45, 7) is 0. The van der Waals surface area contributed by atoms with Crippen molar-refractivity contribution in [2.45, 2.75) is 24.9 Å². The van der Waals surface area contributed by atoms with Crippen molar-refractivity contribution in [1.29, 1.82) is 0 Å². The number of fused-ring (bicyclic) bond motifs is 1. The van der Waals surface area contributed by atoms with Crippen molar-refractivity contribution in [2.24, 2.45) is 0 Å². The Labute approximate surface area is 179 Å². The molecule has 2 aromatic carbocycles. The number of amides is 2. The van der Waals surface area contributed by atoms with Gasteiger partial charge in [0.1, 0.15) is 17.8 Å². The Morgan fingerprint density at radius 2 is 1.67 bits per heavy atom.